The third-order valence-electron chi connectivity index (χ3n) is 4.49. The van der Waals surface area contributed by atoms with E-state index in [9.17, 15) is 5.11 Å². The largest absolute Gasteiger partial charge is 0.387 e. The molecule has 21 heavy (non-hydrogen) atoms. The van der Waals surface area contributed by atoms with Crippen molar-refractivity contribution < 1.29 is 5.11 Å². The Hall–Kier alpha value is -0.910. The SMILES string of the molecule is CC1(C)Cc2nc(N3CCc4sccc4C3)sc2C(O)C1. The predicted molar refractivity (Wildman–Crippen MR) is 88.2 cm³/mol. The monoisotopic (exact) mass is 320 g/mol. The first kappa shape index (κ1) is 13.7. The Labute approximate surface area is 133 Å². The molecule has 0 radical (unpaired) electrons. The minimum Gasteiger partial charge on any atom is -0.387 e. The fourth-order valence-corrected chi connectivity index (χ4v) is 5.41. The number of anilines is 1. The summed E-state index contributed by atoms with van der Waals surface area (Å²) in [5.74, 6) is 0. The summed E-state index contributed by atoms with van der Waals surface area (Å²) in [4.78, 5) is 9.86. The summed E-state index contributed by atoms with van der Waals surface area (Å²) in [6, 6.07) is 2.23. The maximum absolute atomic E-state index is 10.4. The normalized spacial score (nSPS) is 23.8. The molecule has 0 saturated carbocycles. The van der Waals surface area contributed by atoms with E-state index in [2.05, 4.69) is 30.2 Å². The molecule has 5 heteroatoms. The molecule has 1 N–H and O–H groups in total. The molecule has 2 aromatic rings. The van der Waals surface area contributed by atoms with Crippen LogP contribution in [-0.2, 0) is 19.4 Å². The number of fused-ring (bicyclic) bond motifs is 2. The second-order valence-corrected chi connectivity index (χ2v) is 8.92. The van der Waals surface area contributed by atoms with E-state index < -0.39 is 0 Å². The number of aliphatic hydroxyl groups is 1. The first-order valence-electron chi connectivity index (χ1n) is 7.50. The molecular formula is C16H20N2OS2. The van der Waals surface area contributed by atoms with Gasteiger partial charge in [0.25, 0.3) is 0 Å². The first-order chi connectivity index (χ1) is 10.0. The molecule has 2 aromatic heterocycles. The van der Waals surface area contributed by atoms with E-state index in [0.29, 0.717) is 0 Å². The summed E-state index contributed by atoms with van der Waals surface area (Å²) in [6.07, 6.45) is 2.60. The van der Waals surface area contributed by atoms with Crippen LogP contribution in [0.4, 0.5) is 5.13 Å². The smallest absolute Gasteiger partial charge is 0.186 e. The van der Waals surface area contributed by atoms with Crippen LogP contribution >= 0.6 is 22.7 Å². The van der Waals surface area contributed by atoms with Crippen molar-refractivity contribution in [2.45, 2.75) is 45.8 Å². The van der Waals surface area contributed by atoms with E-state index in [0.717, 1.165) is 48.1 Å². The van der Waals surface area contributed by atoms with Gasteiger partial charge in [-0.2, -0.15) is 0 Å². The first-order valence-corrected chi connectivity index (χ1v) is 9.19. The van der Waals surface area contributed by atoms with E-state index in [1.54, 1.807) is 11.3 Å². The lowest BCUT2D eigenvalue weighted by Crippen LogP contribution is -2.29. The highest BCUT2D eigenvalue weighted by molar-refractivity contribution is 7.15. The van der Waals surface area contributed by atoms with Crippen LogP contribution in [0.1, 0.15) is 47.4 Å². The van der Waals surface area contributed by atoms with Gasteiger partial charge in [-0.05, 0) is 41.7 Å². The van der Waals surface area contributed by atoms with Gasteiger partial charge in [0, 0.05) is 18.0 Å². The summed E-state index contributed by atoms with van der Waals surface area (Å²) in [6.45, 7) is 6.44. The molecular weight excluding hydrogens is 300 g/mol. The van der Waals surface area contributed by atoms with E-state index in [1.165, 1.54) is 10.4 Å². The van der Waals surface area contributed by atoms with Crippen LogP contribution in [0, 0.1) is 5.41 Å². The van der Waals surface area contributed by atoms with E-state index >= 15 is 0 Å². The van der Waals surface area contributed by atoms with Crippen molar-refractivity contribution in [3.8, 4) is 0 Å². The Morgan fingerprint density at radius 1 is 1.43 bits per heavy atom. The van der Waals surface area contributed by atoms with Gasteiger partial charge in [0.1, 0.15) is 0 Å². The topological polar surface area (TPSA) is 36.4 Å². The molecule has 0 aromatic carbocycles. The van der Waals surface area contributed by atoms with Gasteiger partial charge >= 0.3 is 0 Å². The van der Waals surface area contributed by atoms with E-state index in [4.69, 9.17) is 4.98 Å². The fraction of sp³-hybridized carbons (Fsp3) is 0.562. The summed E-state index contributed by atoms with van der Waals surface area (Å²) in [7, 11) is 0. The van der Waals surface area contributed by atoms with Crippen molar-refractivity contribution in [2.24, 2.45) is 5.41 Å². The van der Waals surface area contributed by atoms with Crippen LogP contribution in [0.15, 0.2) is 11.4 Å². The molecule has 4 rings (SSSR count). The minimum absolute atomic E-state index is 0.153. The molecule has 0 fully saturated rings. The van der Waals surface area contributed by atoms with Gasteiger partial charge in [0.05, 0.1) is 16.7 Å². The molecule has 0 bridgehead atoms. The molecule has 1 aliphatic heterocycles. The number of hydrogen-bond acceptors (Lipinski definition) is 5. The predicted octanol–water partition coefficient (Wildman–Crippen LogP) is 3.77. The van der Waals surface area contributed by atoms with Crippen LogP contribution in [0.2, 0.25) is 0 Å². The zero-order valence-electron chi connectivity index (χ0n) is 12.4. The summed E-state index contributed by atoms with van der Waals surface area (Å²) < 4.78 is 0. The van der Waals surface area contributed by atoms with E-state index in [-0.39, 0.29) is 11.5 Å². The molecule has 112 valence electrons. The van der Waals surface area contributed by atoms with E-state index in [1.807, 2.05) is 11.3 Å². The van der Waals surface area contributed by atoms with Crippen molar-refractivity contribution in [2.75, 3.05) is 11.4 Å². The highest BCUT2D eigenvalue weighted by atomic mass is 32.1. The van der Waals surface area contributed by atoms with Gasteiger partial charge in [0.2, 0.25) is 0 Å². The van der Waals surface area contributed by atoms with Crippen LogP contribution < -0.4 is 4.90 Å². The third-order valence-corrected chi connectivity index (χ3v) is 6.77. The molecule has 1 unspecified atom stereocenters. The van der Waals surface area contributed by atoms with Gasteiger partial charge in [-0.15, -0.1) is 11.3 Å². The standard InChI is InChI=1S/C16H20N2OS2/c1-16(2)7-11-14(12(19)8-16)21-15(17-11)18-5-3-13-10(9-18)4-6-20-13/h4,6,12,19H,3,5,7-9H2,1-2H3. The maximum atomic E-state index is 10.4. The Kier molecular flexibility index (Phi) is 3.14. The van der Waals surface area contributed by atoms with Crippen molar-refractivity contribution in [3.05, 3.63) is 32.5 Å². The summed E-state index contributed by atoms with van der Waals surface area (Å²) in [5.41, 5.74) is 2.72. The lowest BCUT2D eigenvalue weighted by molar-refractivity contribution is 0.102. The second kappa shape index (κ2) is 4.80. The van der Waals surface area contributed by atoms with Gasteiger partial charge in [-0.25, -0.2) is 4.98 Å². The average molecular weight is 320 g/mol. The zero-order valence-corrected chi connectivity index (χ0v) is 14.1. The number of rotatable bonds is 1. The Balaban J connectivity index is 1.63. The lowest BCUT2D eigenvalue weighted by Gasteiger charge is -2.31. The van der Waals surface area contributed by atoms with Crippen molar-refractivity contribution in [1.29, 1.82) is 0 Å². The molecule has 2 aliphatic rings. The molecule has 0 amide bonds. The molecule has 1 atom stereocenters. The highest BCUT2D eigenvalue weighted by Gasteiger charge is 2.35. The maximum Gasteiger partial charge on any atom is 0.186 e. The number of thiazole rings is 1. The summed E-state index contributed by atoms with van der Waals surface area (Å²) >= 11 is 3.56. The van der Waals surface area contributed by atoms with Gasteiger partial charge in [-0.3, -0.25) is 0 Å². The molecule has 3 nitrogen and oxygen atoms in total. The van der Waals surface area contributed by atoms with Crippen molar-refractivity contribution in [1.82, 2.24) is 4.98 Å². The van der Waals surface area contributed by atoms with Crippen molar-refractivity contribution >= 4 is 27.8 Å². The van der Waals surface area contributed by atoms with Crippen LogP contribution in [0.3, 0.4) is 0 Å². The Morgan fingerprint density at radius 3 is 3.14 bits per heavy atom. The average Bonchev–Trinajstić information content (AvgIpc) is 3.01. The quantitative estimate of drug-likeness (QED) is 0.869. The second-order valence-electron chi connectivity index (χ2n) is 6.91. The number of nitrogens with zero attached hydrogens (tertiary/aromatic N) is 2. The number of aromatic nitrogens is 1. The fourth-order valence-electron chi connectivity index (χ4n) is 3.43. The number of thiophene rings is 1. The van der Waals surface area contributed by atoms with Gasteiger partial charge in [0.15, 0.2) is 5.13 Å². The Bertz CT molecular complexity index is 674. The number of aliphatic hydroxyl groups excluding tert-OH is 1. The number of hydrogen-bond donors (Lipinski definition) is 1. The lowest BCUT2D eigenvalue weighted by atomic mass is 9.77. The highest BCUT2D eigenvalue weighted by Crippen LogP contribution is 2.45. The zero-order chi connectivity index (χ0) is 14.6. The van der Waals surface area contributed by atoms with Gasteiger partial charge < -0.3 is 10.0 Å². The van der Waals surface area contributed by atoms with Crippen molar-refractivity contribution in [3.63, 3.8) is 0 Å². The van der Waals surface area contributed by atoms with Gasteiger partial charge in [-0.1, -0.05) is 25.2 Å². The molecule has 0 saturated heterocycles. The van der Waals surface area contributed by atoms with Crippen LogP contribution in [-0.4, -0.2) is 16.6 Å². The Morgan fingerprint density at radius 2 is 2.29 bits per heavy atom. The minimum atomic E-state index is -0.337. The van der Waals surface area contributed by atoms with Crippen LogP contribution in [0.5, 0.6) is 0 Å². The third kappa shape index (κ3) is 2.41. The van der Waals surface area contributed by atoms with Crippen LogP contribution in [0.25, 0.3) is 0 Å². The molecule has 0 spiro atoms. The molecule has 3 heterocycles. The summed E-state index contributed by atoms with van der Waals surface area (Å²) in [5, 5.41) is 13.7. The molecule has 1 aliphatic carbocycles.